The van der Waals surface area contributed by atoms with Crippen LogP contribution in [0.5, 0.6) is 0 Å². The van der Waals surface area contributed by atoms with E-state index in [1.54, 1.807) is 0 Å². The topological polar surface area (TPSA) is 55.4 Å². The summed E-state index contributed by atoms with van der Waals surface area (Å²) in [5, 5.41) is 2.03. The van der Waals surface area contributed by atoms with Crippen molar-refractivity contribution in [1.82, 2.24) is 5.32 Å². The maximum atomic E-state index is 11.9. The molecule has 0 rings (SSSR count). The van der Waals surface area contributed by atoms with E-state index in [4.69, 9.17) is 0 Å². The van der Waals surface area contributed by atoms with Crippen LogP contribution in [0.3, 0.4) is 0 Å². The molecule has 1 N–H and O–H groups in total. The zero-order valence-corrected chi connectivity index (χ0v) is 8.39. The van der Waals surface area contributed by atoms with Gasteiger partial charge in [-0.2, -0.15) is 0 Å². The van der Waals surface area contributed by atoms with Crippen LogP contribution < -0.4 is 5.32 Å². The maximum Gasteiger partial charge on any atom is 0.407 e. The largest absolute Gasteiger partial charge is 0.453 e. The second-order valence-corrected chi connectivity index (χ2v) is 1.95. The van der Waals surface area contributed by atoms with Gasteiger partial charge in [0.25, 0.3) is 0 Å². The first-order valence-electron chi connectivity index (χ1n) is 4.02. The van der Waals surface area contributed by atoms with Gasteiger partial charge < -0.3 is 10.1 Å². The van der Waals surface area contributed by atoms with Crippen LogP contribution in [0.25, 0.3) is 0 Å². The highest BCUT2D eigenvalue weighted by Crippen LogP contribution is 1.88. The SMILES string of the molecule is CC.COC(=O)N[C@@H](CF)C(C)=O.[HH]. The Morgan fingerprint density at radius 2 is 2.00 bits per heavy atom. The maximum absolute atomic E-state index is 11.9. The number of carbonyl (C=O) groups excluding carboxylic acids is 2. The first-order valence-corrected chi connectivity index (χ1v) is 4.02. The Morgan fingerprint density at radius 3 is 2.23 bits per heavy atom. The van der Waals surface area contributed by atoms with Gasteiger partial charge in [-0.15, -0.1) is 0 Å². The summed E-state index contributed by atoms with van der Waals surface area (Å²) in [5.41, 5.74) is 0. The molecule has 80 valence electrons. The number of methoxy groups -OCH3 is 1. The van der Waals surface area contributed by atoms with Gasteiger partial charge in [0.05, 0.1) is 7.11 Å². The van der Waals surface area contributed by atoms with Crippen LogP contribution in [0.4, 0.5) is 9.18 Å². The monoisotopic (exact) mass is 195 g/mol. The van der Waals surface area contributed by atoms with Crippen LogP contribution in [-0.2, 0) is 9.53 Å². The Hall–Kier alpha value is -1.13. The van der Waals surface area contributed by atoms with Crippen molar-refractivity contribution in [3.63, 3.8) is 0 Å². The van der Waals surface area contributed by atoms with Gasteiger partial charge in [-0.3, -0.25) is 4.79 Å². The van der Waals surface area contributed by atoms with Crippen molar-refractivity contribution in [2.45, 2.75) is 26.8 Å². The summed E-state index contributed by atoms with van der Waals surface area (Å²) in [5.74, 6) is -0.432. The fourth-order valence-corrected chi connectivity index (χ4v) is 0.450. The molecule has 0 fully saturated rings. The third-order valence-electron chi connectivity index (χ3n) is 1.12. The van der Waals surface area contributed by atoms with Crippen molar-refractivity contribution in [1.29, 1.82) is 0 Å². The van der Waals surface area contributed by atoms with E-state index in [-0.39, 0.29) is 1.43 Å². The number of carbonyl (C=O) groups is 2. The zero-order chi connectivity index (χ0) is 10.9. The first-order chi connectivity index (χ1) is 6.11. The molecule has 0 aliphatic rings. The Balaban J connectivity index is -0.000000376. The molecule has 5 heteroatoms. The van der Waals surface area contributed by atoms with Crippen LogP contribution in [0, 0.1) is 0 Å². The van der Waals surface area contributed by atoms with Gasteiger partial charge in [0.1, 0.15) is 12.7 Å². The molecular weight excluding hydrogens is 177 g/mol. The minimum absolute atomic E-state index is 0. The molecule has 0 aromatic rings. The van der Waals surface area contributed by atoms with Gasteiger partial charge >= 0.3 is 6.09 Å². The molecular formula is C8H18FNO3. The van der Waals surface area contributed by atoms with E-state index in [1.165, 1.54) is 6.92 Å². The second-order valence-electron chi connectivity index (χ2n) is 1.95. The van der Waals surface area contributed by atoms with E-state index < -0.39 is 24.6 Å². The van der Waals surface area contributed by atoms with Crippen molar-refractivity contribution >= 4 is 11.9 Å². The number of amides is 1. The number of nitrogens with one attached hydrogen (secondary N) is 1. The molecule has 4 nitrogen and oxygen atoms in total. The molecule has 0 radical (unpaired) electrons. The van der Waals surface area contributed by atoms with Crippen LogP contribution in [0.2, 0.25) is 0 Å². The predicted molar refractivity (Wildman–Crippen MR) is 49.4 cm³/mol. The lowest BCUT2D eigenvalue weighted by molar-refractivity contribution is -0.119. The van der Waals surface area contributed by atoms with E-state index >= 15 is 0 Å². The smallest absolute Gasteiger partial charge is 0.407 e. The lowest BCUT2D eigenvalue weighted by atomic mass is 10.2. The summed E-state index contributed by atoms with van der Waals surface area (Å²) >= 11 is 0. The molecule has 0 aromatic carbocycles. The van der Waals surface area contributed by atoms with Gasteiger partial charge in [0.2, 0.25) is 0 Å². The Labute approximate surface area is 78.9 Å². The summed E-state index contributed by atoms with van der Waals surface area (Å²) < 4.78 is 16.1. The standard InChI is InChI=1S/C6H10FNO3.C2H6.H2/c1-4(9)5(3-7)8-6(10)11-2;1-2;/h5H,3H2,1-2H3,(H,8,10);1-2H3;1H/t5-;;/m0../s1. The molecule has 0 bridgehead atoms. The normalized spacial score (nSPS) is 10.5. The molecule has 0 aromatic heterocycles. The fraction of sp³-hybridized carbons (Fsp3) is 0.750. The number of ketones is 1. The third-order valence-corrected chi connectivity index (χ3v) is 1.12. The summed E-state index contributed by atoms with van der Waals surface area (Å²) in [6, 6.07) is -1.08. The van der Waals surface area contributed by atoms with Gasteiger partial charge in [-0.05, 0) is 6.92 Å². The van der Waals surface area contributed by atoms with Gasteiger partial charge in [-0.25, -0.2) is 9.18 Å². The Morgan fingerprint density at radius 1 is 1.54 bits per heavy atom. The fourth-order valence-electron chi connectivity index (χ4n) is 0.450. The number of rotatable bonds is 3. The van der Waals surface area contributed by atoms with Crippen molar-refractivity contribution < 1.29 is 20.1 Å². The summed E-state index contributed by atoms with van der Waals surface area (Å²) in [7, 11) is 1.14. The lowest BCUT2D eigenvalue weighted by Crippen LogP contribution is -2.41. The van der Waals surface area contributed by atoms with Crippen LogP contribution in [0.1, 0.15) is 22.2 Å². The van der Waals surface area contributed by atoms with Gasteiger partial charge in [0, 0.05) is 1.43 Å². The third kappa shape index (κ3) is 7.24. The number of halogens is 1. The quantitative estimate of drug-likeness (QED) is 0.743. The predicted octanol–water partition coefficient (Wildman–Crippen LogP) is 1.54. The van der Waals surface area contributed by atoms with Crippen molar-refractivity contribution in [2.75, 3.05) is 13.8 Å². The summed E-state index contributed by atoms with van der Waals surface area (Å²) in [6.07, 6.45) is -0.803. The molecule has 0 aliphatic carbocycles. The second kappa shape index (κ2) is 8.96. The van der Waals surface area contributed by atoms with E-state index in [9.17, 15) is 14.0 Å². The number of alkyl carbamates (subject to hydrolysis) is 1. The molecule has 1 atom stereocenters. The van der Waals surface area contributed by atoms with E-state index in [0.29, 0.717) is 0 Å². The van der Waals surface area contributed by atoms with Crippen molar-refractivity contribution in [2.24, 2.45) is 0 Å². The van der Waals surface area contributed by atoms with Gasteiger partial charge in [0.15, 0.2) is 5.78 Å². The van der Waals surface area contributed by atoms with Crippen LogP contribution in [-0.4, -0.2) is 31.7 Å². The summed E-state index contributed by atoms with van der Waals surface area (Å²) in [6.45, 7) is 4.28. The molecule has 1 amide bonds. The molecule has 0 saturated heterocycles. The minimum atomic E-state index is -1.08. The van der Waals surface area contributed by atoms with E-state index in [1.807, 2.05) is 19.2 Å². The molecule has 0 saturated carbocycles. The highest BCUT2D eigenvalue weighted by Gasteiger charge is 2.16. The molecule has 13 heavy (non-hydrogen) atoms. The minimum Gasteiger partial charge on any atom is -0.453 e. The number of hydrogen-bond acceptors (Lipinski definition) is 3. The average Bonchev–Trinajstić information content (AvgIpc) is 2.16. The molecule has 0 unspecified atom stereocenters. The Bertz CT molecular complexity index is 167. The number of Topliss-reactive ketones (excluding diaryl/α,β-unsaturated/α-hetero) is 1. The van der Waals surface area contributed by atoms with Crippen LogP contribution >= 0.6 is 0 Å². The van der Waals surface area contributed by atoms with Crippen LogP contribution in [0.15, 0.2) is 0 Å². The molecule has 0 spiro atoms. The number of ether oxygens (including phenoxy) is 1. The Kier molecular flexibility index (Phi) is 9.93. The van der Waals surface area contributed by atoms with E-state index in [2.05, 4.69) is 4.74 Å². The summed E-state index contributed by atoms with van der Waals surface area (Å²) in [4.78, 5) is 20.9. The number of hydrogen-bond donors (Lipinski definition) is 1. The molecule has 0 aliphatic heterocycles. The average molecular weight is 195 g/mol. The van der Waals surface area contributed by atoms with Crippen molar-refractivity contribution in [3.8, 4) is 0 Å². The number of alkyl halides is 1. The highest BCUT2D eigenvalue weighted by atomic mass is 19.1. The first kappa shape index (κ1) is 14.4. The highest BCUT2D eigenvalue weighted by molar-refractivity contribution is 5.85. The van der Waals surface area contributed by atoms with Crippen molar-refractivity contribution in [3.05, 3.63) is 0 Å². The lowest BCUT2D eigenvalue weighted by Gasteiger charge is -2.09. The van der Waals surface area contributed by atoms with E-state index in [0.717, 1.165) is 7.11 Å². The van der Waals surface area contributed by atoms with Gasteiger partial charge in [-0.1, -0.05) is 13.8 Å². The molecule has 0 heterocycles. The zero-order valence-electron chi connectivity index (χ0n) is 8.39.